The Kier molecular flexibility index (Phi) is 6.61. The lowest BCUT2D eigenvalue weighted by atomic mass is 10.1. The minimum Gasteiger partial charge on any atom is -0.488 e. The molecule has 1 heterocycles. The van der Waals surface area contributed by atoms with Crippen LogP contribution >= 0.6 is 35.0 Å². The number of nitrogens with one attached hydrogen (secondary N) is 1. The number of carbonyl (C=O) groups is 1. The molecule has 8 heteroatoms. The molecule has 3 aromatic rings. The third-order valence-corrected chi connectivity index (χ3v) is 5.65. The van der Waals surface area contributed by atoms with Crippen LogP contribution in [0.5, 0.6) is 5.75 Å². The summed E-state index contributed by atoms with van der Waals surface area (Å²) in [5.74, 6) is -0.0718. The third kappa shape index (κ3) is 5.67. The van der Waals surface area contributed by atoms with Crippen molar-refractivity contribution in [3.8, 4) is 5.75 Å². The van der Waals surface area contributed by atoms with E-state index in [1.807, 2.05) is 0 Å². The molecule has 0 saturated carbocycles. The van der Waals surface area contributed by atoms with Crippen molar-refractivity contribution in [1.29, 1.82) is 0 Å². The van der Waals surface area contributed by atoms with Crippen LogP contribution in [0.15, 0.2) is 76.6 Å². The van der Waals surface area contributed by atoms with Gasteiger partial charge in [0.05, 0.1) is 10.6 Å². The Morgan fingerprint density at radius 2 is 1.81 bits per heavy atom. The Labute approximate surface area is 192 Å². The van der Waals surface area contributed by atoms with Crippen molar-refractivity contribution in [2.24, 2.45) is 4.99 Å². The molecule has 1 aliphatic heterocycles. The highest BCUT2D eigenvalue weighted by Crippen LogP contribution is 2.32. The predicted octanol–water partition coefficient (Wildman–Crippen LogP) is 6.60. The Morgan fingerprint density at radius 1 is 1.03 bits per heavy atom. The molecule has 156 valence electrons. The van der Waals surface area contributed by atoms with Crippen LogP contribution in [0, 0.1) is 5.82 Å². The molecule has 31 heavy (non-hydrogen) atoms. The number of hydrogen-bond donors (Lipinski definition) is 1. The highest BCUT2D eigenvalue weighted by Gasteiger charge is 2.24. The molecule has 3 aromatic carbocycles. The summed E-state index contributed by atoms with van der Waals surface area (Å²) in [6, 6.07) is 18.3. The van der Waals surface area contributed by atoms with Crippen molar-refractivity contribution < 1.29 is 13.9 Å². The zero-order valence-electron chi connectivity index (χ0n) is 15.9. The minimum absolute atomic E-state index is 0.179. The van der Waals surface area contributed by atoms with E-state index in [9.17, 15) is 9.18 Å². The number of nitrogens with zero attached hydrogens (tertiary/aromatic N) is 1. The smallest absolute Gasteiger partial charge is 0.264 e. The van der Waals surface area contributed by atoms with Gasteiger partial charge in [-0.3, -0.25) is 4.79 Å². The molecule has 1 N–H and O–H groups in total. The normalized spacial score (nSPS) is 16.0. The number of halogens is 3. The van der Waals surface area contributed by atoms with E-state index in [2.05, 4.69) is 10.3 Å². The Bertz CT molecular complexity index is 1200. The second kappa shape index (κ2) is 9.56. The number of thioether (sulfide) groups is 1. The maximum atomic E-state index is 13.4. The van der Waals surface area contributed by atoms with Gasteiger partial charge in [-0.1, -0.05) is 35.3 Å². The van der Waals surface area contributed by atoms with Crippen molar-refractivity contribution >= 4 is 57.8 Å². The lowest BCUT2D eigenvalue weighted by molar-refractivity contribution is -0.115. The number of carbonyl (C=O) groups excluding carboxylic acids is 1. The van der Waals surface area contributed by atoms with Gasteiger partial charge in [-0.15, -0.1) is 0 Å². The predicted molar refractivity (Wildman–Crippen MR) is 124 cm³/mol. The first-order chi connectivity index (χ1) is 15.0. The molecule has 1 fully saturated rings. The largest absolute Gasteiger partial charge is 0.488 e. The molecule has 0 bridgehead atoms. The van der Waals surface area contributed by atoms with Crippen LogP contribution in [-0.2, 0) is 11.4 Å². The zero-order valence-corrected chi connectivity index (χ0v) is 18.3. The quantitative estimate of drug-likeness (QED) is 0.425. The Morgan fingerprint density at radius 3 is 2.58 bits per heavy atom. The van der Waals surface area contributed by atoms with Crippen LogP contribution in [0.25, 0.3) is 6.08 Å². The van der Waals surface area contributed by atoms with E-state index < -0.39 is 0 Å². The number of rotatable bonds is 5. The lowest BCUT2D eigenvalue weighted by Crippen LogP contribution is -2.19. The fourth-order valence-corrected chi connectivity index (χ4v) is 3.95. The van der Waals surface area contributed by atoms with Gasteiger partial charge < -0.3 is 10.1 Å². The van der Waals surface area contributed by atoms with Gasteiger partial charge in [0.2, 0.25) is 0 Å². The van der Waals surface area contributed by atoms with E-state index in [-0.39, 0.29) is 18.3 Å². The first-order valence-electron chi connectivity index (χ1n) is 9.18. The van der Waals surface area contributed by atoms with Crippen LogP contribution in [0.2, 0.25) is 10.0 Å². The van der Waals surface area contributed by atoms with E-state index in [4.69, 9.17) is 27.9 Å². The van der Waals surface area contributed by atoms with E-state index in [0.29, 0.717) is 42.7 Å². The average Bonchev–Trinajstić information content (AvgIpc) is 3.08. The summed E-state index contributed by atoms with van der Waals surface area (Å²) in [6.45, 7) is 0.179. The van der Waals surface area contributed by atoms with Crippen molar-refractivity contribution in [2.75, 3.05) is 0 Å². The van der Waals surface area contributed by atoms with Crippen molar-refractivity contribution in [1.82, 2.24) is 5.32 Å². The van der Waals surface area contributed by atoms with Gasteiger partial charge in [0.15, 0.2) is 5.17 Å². The molecular formula is C23H15Cl2FN2O2S. The first-order valence-corrected chi connectivity index (χ1v) is 10.8. The minimum atomic E-state index is -0.328. The first kappa shape index (κ1) is 21.4. The molecule has 4 nitrogen and oxygen atoms in total. The fraction of sp³-hybridized carbons (Fsp3) is 0.0435. The van der Waals surface area contributed by atoms with E-state index in [1.54, 1.807) is 60.7 Å². The van der Waals surface area contributed by atoms with Crippen LogP contribution in [-0.4, -0.2) is 11.1 Å². The highest BCUT2D eigenvalue weighted by molar-refractivity contribution is 8.18. The standard InChI is InChI=1S/C23H15Cl2FN2O2S/c24-16-4-7-19(8-5-16)27-23-28-22(29)21(31-23)12-15-11-17(25)6-9-20(15)30-13-14-2-1-3-18(26)10-14/h1-12H,13H2,(H,27,28,29)/b21-12-. The van der Waals surface area contributed by atoms with Crippen molar-refractivity contribution in [3.05, 3.63) is 98.6 Å². The van der Waals surface area contributed by atoms with Gasteiger partial charge >= 0.3 is 0 Å². The SMILES string of the molecule is O=C1NC(=Nc2ccc(Cl)cc2)S/C1=C\c1cc(Cl)ccc1OCc1cccc(F)c1. The Balaban J connectivity index is 1.55. The maximum absolute atomic E-state index is 13.4. The number of ether oxygens (including phenoxy) is 1. The highest BCUT2D eigenvalue weighted by atomic mass is 35.5. The van der Waals surface area contributed by atoms with E-state index >= 15 is 0 Å². The van der Waals surface area contributed by atoms with E-state index in [0.717, 1.165) is 0 Å². The summed E-state index contributed by atoms with van der Waals surface area (Å²) < 4.78 is 19.3. The number of hydrogen-bond acceptors (Lipinski definition) is 4. The monoisotopic (exact) mass is 472 g/mol. The second-order valence-corrected chi connectivity index (χ2v) is 8.46. The maximum Gasteiger partial charge on any atom is 0.264 e. The summed E-state index contributed by atoms with van der Waals surface area (Å²) in [5.41, 5.74) is 2.00. The van der Waals surface area contributed by atoms with Crippen molar-refractivity contribution in [2.45, 2.75) is 6.61 Å². The third-order valence-electron chi connectivity index (χ3n) is 4.25. The number of amidine groups is 1. The second-order valence-electron chi connectivity index (χ2n) is 6.56. The molecule has 0 spiro atoms. The number of aliphatic imine (C=N–C) groups is 1. The molecule has 4 rings (SSSR count). The summed E-state index contributed by atoms with van der Waals surface area (Å²) in [7, 11) is 0. The molecule has 0 unspecified atom stereocenters. The van der Waals surface area contributed by atoms with E-state index in [1.165, 1.54) is 23.9 Å². The number of amides is 1. The lowest BCUT2D eigenvalue weighted by Gasteiger charge is -2.10. The summed E-state index contributed by atoms with van der Waals surface area (Å²) in [5, 5.41) is 4.32. The summed E-state index contributed by atoms with van der Waals surface area (Å²) in [6.07, 6.45) is 1.69. The average molecular weight is 473 g/mol. The molecule has 0 aromatic heterocycles. The van der Waals surface area contributed by atoms with Gasteiger partial charge in [-0.05, 0) is 78.0 Å². The van der Waals surface area contributed by atoms with Gasteiger partial charge in [-0.2, -0.15) is 0 Å². The molecular weight excluding hydrogens is 458 g/mol. The van der Waals surface area contributed by atoms with Gasteiger partial charge in [-0.25, -0.2) is 9.38 Å². The van der Waals surface area contributed by atoms with Crippen LogP contribution in [0.3, 0.4) is 0 Å². The summed E-state index contributed by atoms with van der Waals surface area (Å²) in [4.78, 5) is 17.3. The molecule has 1 saturated heterocycles. The zero-order chi connectivity index (χ0) is 21.8. The number of benzene rings is 3. The fourth-order valence-electron chi connectivity index (χ4n) is 2.81. The van der Waals surface area contributed by atoms with Gasteiger partial charge in [0.1, 0.15) is 18.2 Å². The van der Waals surface area contributed by atoms with Crippen LogP contribution < -0.4 is 10.1 Å². The molecule has 1 amide bonds. The molecule has 0 radical (unpaired) electrons. The summed E-state index contributed by atoms with van der Waals surface area (Å²) >= 11 is 13.3. The van der Waals surface area contributed by atoms with Crippen LogP contribution in [0.1, 0.15) is 11.1 Å². The topological polar surface area (TPSA) is 50.7 Å². The Hall–Kier alpha value is -2.80. The molecule has 1 aliphatic rings. The van der Waals surface area contributed by atoms with Gasteiger partial charge in [0, 0.05) is 15.6 Å². The van der Waals surface area contributed by atoms with Crippen molar-refractivity contribution in [3.63, 3.8) is 0 Å². The van der Waals surface area contributed by atoms with Gasteiger partial charge in [0.25, 0.3) is 5.91 Å². The molecule has 0 atom stereocenters. The van der Waals surface area contributed by atoms with Crippen LogP contribution in [0.4, 0.5) is 10.1 Å². The molecule has 0 aliphatic carbocycles.